The van der Waals surface area contributed by atoms with E-state index in [1.807, 2.05) is 0 Å². The van der Waals surface area contributed by atoms with E-state index >= 15 is 0 Å². The number of nitrogens with zero attached hydrogens (tertiary/aromatic N) is 1. The van der Waals surface area contributed by atoms with Crippen LogP contribution in [0.1, 0.15) is 59.8 Å². The Morgan fingerprint density at radius 3 is 2.00 bits per heavy atom. The summed E-state index contributed by atoms with van der Waals surface area (Å²) in [6.07, 6.45) is 7.16. The van der Waals surface area contributed by atoms with E-state index in [0.717, 1.165) is 6.04 Å². The van der Waals surface area contributed by atoms with Crippen LogP contribution in [0, 0.1) is 0 Å². The van der Waals surface area contributed by atoms with Gasteiger partial charge in [-0.2, -0.15) is 0 Å². The van der Waals surface area contributed by atoms with Gasteiger partial charge in [-0.1, -0.05) is 47.0 Å². The third kappa shape index (κ3) is 4.66. The van der Waals surface area contributed by atoms with E-state index in [9.17, 15) is 0 Å². The van der Waals surface area contributed by atoms with Crippen molar-refractivity contribution in [3.05, 3.63) is 0 Å². The smallest absolute Gasteiger partial charge is 0.170 e. The van der Waals surface area contributed by atoms with Crippen LogP contribution in [-0.2, 0) is 0 Å². The number of rotatable bonds is 5. The molecule has 15 heavy (non-hydrogen) atoms. The molecule has 0 bridgehead atoms. The van der Waals surface area contributed by atoms with Gasteiger partial charge in [0.05, 0.1) is 0 Å². The Balaban J connectivity index is 2.26. The first-order chi connectivity index (χ1) is 7.11. The topological polar surface area (TPSA) is 15.3 Å². The van der Waals surface area contributed by atoms with Gasteiger partial charge in [0.25, 0.3) is 0 Å². The minimum Gasteiger partial charge on any atom is -0.327 e. The highest BCUT2D eigenvalue weighted by Crippen LogP contribution is 2.17. The van der Waals surface area contributed by atoms with E-state index in [2.05, 4.69) is 37.2 Å². The van der Waals surface area contributed by atoms with E-state index < -0.39 is 0 Å². The molecule has 90 valence electrons. The molecule has 1 aliphatic carbocycles. The van der Waals surface area contributed by atoms with Crippen molar-refractivity contribution in [3.63, 3.8) is 0 Å². The van der Waals surface area contributed by atoms with Gasteiger partial charge in [-0.15, -0.1) is 0 Å². The molecule has 0 radical (unpaired) electrons. The second-order valence-electron chi connectivity index (χ2n) is 5.40. The van der Waals surface area contributed by atoms with Gasteiger partial charge < -0.3 is 9.55 Å². The summed E-state index contributed by atoms with van der Waals surface area (Å²) in [5, 5.41) is 0. The quantitative estimate of drug-likeness (QED) is 0.724. The minimum absolute atomic E-state index is 0.231. The molecular weight excluding hydrogens is 200 g/mol. The molecule has 1 N–H and O–H groups in total. The maximum atomic E-state index is 3.85. The van der Waals surface area contributed by atoms with E-state index in [-0.39, 0.29) is 9.84 Å². The monoisotopic (exact) mass is 228 g/mol. The minimum atomic E-state index is -0.231. The molecular formula is C12H28N2Si. The fourth-order valence-corrected chi connectivity index (χ4v) is 4.11. The number of hydrogen-bond donors (Lipinski definition) is 1. The highest BCUT2D eigenvalue weighted by atomic mass is 28.2. The Morgan fingerprint density at radius 2 is 1.53 bits per heavy atom. The first-order valence-corrected chi connectivity index (χ1v) is 7.94. The third-order valence-electron chi connectivity index (χ3n) is 3.49. The molecule has 1 aliphatic rings. The van der Waals surface area contributed by atoms with Gasteiger partial charge in [-0.3, -0.25) is 0 Å². The van der Waals surface area contributed by atoms with Crippen LogP contribution in [0.5, 0.6) is 0 Å². The molecule has 0 unspecified atom stereocenters. The van der Waals surface area contributed by atoms with Gasteiger partial charge in [0.1, 0.15) is 0 Å². The summed E-state index contributed by atoms with van der Waals surface area (Å²) >= 11 is 0. The Morgan fingerprint density at radius 1 is 1.00 bits per heavy atom. The molecule has 0 heterocycles. The lowest BCUT2D eigenvalue weighted by atomic mass is 9.96. The Kier molecular flexibility index (Phi) is 5.86. The molecule has 3 heteroatoms. The molecule has 2 nitrogen and oxygen atoms in total. The summed E-state index contributed by atoms with van der Waals surface area (Å²) in [4.78, 5) is 3.85. The zero-order chi connectivity index (χ0) is 11.3. The van der Waals surface area contributed by atoms with Crippen LogP contribution in [0.25, 0.3) is 0 Å². The van der Waals surface area contributed by atoms with Gasteiger partial charge in [0, 0.05) is 6.04 Å². The number of hydrogen-bond acceptors (Lipinski definition) is 2. The van der Waals surface area contributed by atoms with Gasteiger partial charge in [-0.25, -0.2) is 0 Å². The van der Waals surface area contributed by atoms with Crippen LogP contribution in [0.2, 0.25) is 0 Å². The maximum absolute atomic E-state index is 3.85. The van der Waals surface area contributed by atoms with Crippen molar-refractivity contribution < 1.29 is 0 Å². The Labute approximate surface area is 97.8 Å². The predicted octanol–water partition coefficient (Wildman–Crippen LogP) is 2.03. The van der Waals surface area contributed by atoms with Crippen LogP contribution in [0.3, 0.4) is 0 Å². The predicted molar refractivity (Wildman–Crippen MR) is 70.7 cm³/mol. The second kappa shape index (κ2) is 6.66. The van der Waals surface area contributed by atoms with Gasteiger partial charge in [-0.05, 0) is 24.9 Å². The average Bonchev–Trinajstić information content (AvgIpc) is 2.18. The van der Waals surface area contributed by atoms with Crippen molar-refractivity contribution >= 4 is 9.84 Å². The van der Waals surface area contributed by atoms with Crippen molar-refractivity contribution in [1.82, 2.24) is 9.55 Å². The summed E-state index contributed by atoms with van der Waals surface area (Å²) in [5.74, 6) is 0. The summed E-state index contributed by atoms with van der Waals surface area (Å²) in [6, 6.07) is 2.24. The fraction of sp³-hybridized carbons (Fsp3) is 1.00. The second-order valence-corrected chi connectivity index (χ2v) is 6.85. The lowest BCUT2D eigenvalue weighted by Crippen LogP contribution is -2.49. The average molecular weight is 228 g/mol. The third-order valence-corrected chi connectivity index (χ3v) is 6.08. The van der Waals surface area contributed by atoms with E-state index in [4.69, 9.17) is 0 Å². The zero-order valence-corrected chi connectivity index (χ0v) is 12.3. The fourth-order valence-electron chi connectivity index (χ4n) is 2.50. The number of nitrogens with one attached hydrogen (secondary N) is 1. The molecule has 0 aromatic rings. The van der Waals surface area contributed by atoms with Crippen molar-refractivity contribution in [2.75, 3.05) is 0 Å². The first kappa shape index (κ1) is 13.2. The van der Waals surface area contributed by atoms with Crippen LogP contribution in [0.4, 0.5) is 0 Å². The van der Waals surface area contributed by atoms with Gasteiger partial charge in [0.15, 0.2) is 9.84 Å². The summed E-state index contributed by atoms with van der Waals surface area (Å²) in [7, 11) is -0.231. The normalized spacial score (nSPS) is 20.2. The SMILES string of the molecule is CC(C)N([SiH2]NC1CCCCC1)C(C)C. The van der Waals surface area contributed by atoms with Gasteiger partial charge >= 0.3 is 0 Å². The highest BCUT2D eigenvalue weighted by molar-refractivity contribution is 6.28. The molecule has 0 saturated heterocycles. The van der Waals surface area contributed by atoms with Crippen LogP contribution >= 0.6 is 0 Å². The van der Waals surface area contributed by atoms with Crippen molar-refractivity contribution in [2.24, 2.45) is 0 Å². The summed E-state index contributed by atoms with van der Waals surface area (Å²) < 4.78 is 2.66. The molecule has 0 atom stereocenters. The summed E-state index contributed by atoms with van der Waals surface area (Å²) in [5.41, 5.74) is 0. The molecule has 0 aromatic heterocycles. The highest BCUT2D eigenvalue weighted by Gasteiger charge is 2.17. The zero-order valence-electron chi connectivity index (χ0n) is 10.9. The van der Waals surface area contributed by atoms with Crippen LogP contribution in [-0.4, -0.2) is 32.5 Å². The molecule has 0 amide bonds. The Bertz CT molecular complexity index is 157. The lowest BCUT2D eigenvalue weighted by Gasteiger charge is -2.33. The van der Waals surface area contributed by atoms with Crippen LogP contribution in [0.15, 0.2) is 0 Å². The molecule has 0 aliphatic heterocycles. The molecule has 1 fully saturated rings. The van der Waals surface area contributed by atoms with Gasteiger partial charge in [0.2, 0.25) is 0 Å². The van der Waals surface area contributed by atoms with E-state index in [1.165, 1.54) is 32.1 Å². The van der Waals surface area contributed by atoms with Crippen LogP contribution < -0.4 is 4.98 Å². The van der Waals surface area contributed by atoms with Crippen molar-refractivity contribution in [3.8, 4) is 0 Å². The van der Waals surface area contributed by atoms with Crippen molar-refractivity contribution in [2.45, 2.75) is 77.9 Å². The van der Waals surface area contributed by atoms with Crippen molar-refractivity contribution in [1.29, 1.82) is 0 Å². The first-order valence-electron chi connectivity index (χ1n) is 6.60. The molecule has 1 rings (SSSR count). The Hall–Kier alpha value is 0.137. The largest absolute Gasteiger partial charge is 0.327 e. The lowest BCUT2D eigenvalue weighted by molar-refractivity contribution is 0.300. The molecule has 1 saturated carbocycles. The maximum Gasteiger partial charge on any atom is 0.170 e. The molecule has 0 aromatic carbocycles. The molecule has 0 spiro atoms. The van der Waals surface area contributed by atoms with E-state index in [0.29, 0.717) is 12.1 Å². The summed E-state index contributed by atoms with van der Waals surface area (Å²) in [6.45, 7) is 9.26. The van der Waals surface area contributed by atoms with E-state index in [1.54, 1.807) is 0 Å². The standard InChI is InChI=1S/C12H28N2Si/c1-10(2)14(11(3)4)15-13-12-8-6-5-7-9-12/h10-13H,5-9,15H2,1-4H3.